The fraction of sp³-hybridized carbons (Fsp3) is 0.929. The van der Waals surface area contributed by atoms with E-state index in [1.54, 1.807) is 12.0 Å². The normalized spacial score (nSPS) is 19.1. The molecule has 0 aromatic rings. The maximum Gasteiger partial charge on any atom is 0.239 e. The van der Waals surface area contributed by atoms with Crippen molar-refractivity contribution < 1.29 is 9.53 Å². The molecular formula is C14H29N3O2. The van der Waals surface area contributed by atoms with E-state index in [1.807, 2.05) is 7.05 Å². The van der Waals surface area contributed by atoms with E-state index in [9.17, 15) is 4.79 Å². The Morgan fingerprint density at radius 1 is 1.37 bits per heavy atom. The van der Waals surface area contributed by atoms with E-state index in [2.05, 4.69) is 19.0 Å². The minimum Gasteiger partial charge on any atom is -0.385 e. The van der Waals surface area contributed by atoms with Crippen molar-refractivity contribution in [2.75, 3.05) is 41.4 Å². The van der Waals surface area contributed by atoms with Crippen molar-refractivity contribution in [2.45, 2.75) is 43.7 Å². The maximum absolute atomic E-state index is 12.2. The Morgan fingerprint density at radius 3 is 2.42 bits per heavy atom. The summed E-state index contributed by atoms with van der Waals surface area (Å²) in [5.41, 5.74) is 6.12. The highest BCUT2D eigenvalue weighted by Crippen LogP contribution is 2.36. The Bertz CT molecular complexity index is 290. The number of rotatable bonds is 8. The van der Waals surface area contributed by atoms with Crippen molar-refractivity contribution in [1.82, 2.24) is 9.80 Å². The van der Waals surface area contributed by atoms with E-state index in [0.717, 1.165) is 25.8 Å². The molecule has 0 spiro atoms. The zero-order valence-electron chi connectivity index (χ0n) is 12.8. The molecule has 0 radical (unpaired) electrons. The number of carbonyl (C=O) groups excluding carboxylic acids is 1. The van der Waals surface area contributed by atoms with Crippen molar-refractivity contribution in [3.05, 3.63) is 0 Å². The first kappa shape index (κ1) is 16.4. The van der Waals surface area contributed by atoms with Crippen LogP contribution >= 0.6 is 0 Å². The van der Waals surface area contributed by atoms with Gasteiger partial charge in [-0.2, -0.15) is 0 Å². The Hall–Kier alpha value is -0.650. The highest BCUT2D eigenvalue weighted by Gasteiger charge is 2.41. The van der Waals surface area contributed by atoms with Gasteiger partial charge in [-0.3, -0.25) is 4.79 Å². The minimum atomic E-state index is -0.403. The van der Waals surface area contributed by atoms with Crippen molar-refractivity contribution in [2.24, 2.45) is 5.73 Å². The van der Waals surface area contributed by atoms with Crippen LogP contribution in [0.3, 0.4) is 0 Å². The second-order valence-corrected chi connectivity index (χ2v) is 5.91. The molecule has 0 aliphatic heterocycles. The molecule has 0 aromatic heterocycles. The first-order chi connectivity index (χ1) is 8.93. The summed E-state index contributed by atoms with van der Waals surface area (Å²) in [6.45, 7) is 1.43. The van der Waals surface area contributed by atoms with Gasteiger partial charge in [0.15, 0.2) is 0 Å². The highest BCUT2D eigenvalue weighted by atomic mass is 16.5. The standard InChI is InChI=1S/C14H29N3O2/c1-16(2)14(8-6-9-14)11-17(3)13(18)12(15)7-5-10-19-4/h12H,5-11,15H2,1-4H3. The summed E-state index contributed by atoms with van der Waals surface area (Å²) in [6, 6.07) is -0.403. The Balaban J connectivity index is 2.43. The Labute approximate surface area is 117 Å². The van der Waals surface area contributed by atoms with Crippen LogP contribution in [0.25, 0.3) is 0 Å². The largest absolute Gasteiger partial charge is 0.385 e. The van der Waals surface area contributed by atoms with Crippen LogP contribution in [0.4, 0.5) is 0 Å². The summed E-state index contributed by atoms with van der Waals surface area (Å²) in [6.07, 6.45) is 5.09. The number of methoxy groups -OCH3 is 1. The third-order valence-corrected chi connectivity index (χ3v) is 4.32. The van der Waals surface area contributed by atoms with E-state index in [1.165, 1.54) is 6.42 Å². The van der Waals surface area contributed by atoms with Crippen LogP contribution in [-0.2, 0) is 9.53 Å². The second-order valence-electron chi connectivity index (χ2n) is 5.91. The van der Waals surface area contributed by atoms with E-state index < -0.39 is 6.04 Å². The van der Waals surface area contributed by atoms with Crippen LogP contribution < -0.4 is 5.73 Å². The number of carbonyl (C=O) groups is 1. The lowest BCUT2D eigenvalue weighted by Gasteiger charge is -2.49. The van der Waals surface area contributed by atoms with Gasteiger partial charge in [-0.1, -0.05) is 0 Å². The van der Waals surface area contributed by atoms with Crippen LogP contribution in [0, 0.1) is 0 Å². The molecular weight excluding hydrogens is 242 g/mol. The topological polar surface area (TPSA) is 58.8 Å². The molecule has 1 aliphatic rings. The van der Waals surface area contributed by atoms with Crippen LogP contribution in [0.5, 0.6) is 0 Å². The monoisotopic (exact) mass is 271 g/mol. The number of likely N-dealkylation sites (N-methyl/N-ethyl adjacent to an activating group) is 2. The molecule has 0 saturated heterocycles. The number of hydrogen-bond donors (Lipinski definition) is 1. The molecule has 0 heterocycles. The average molecular weight is 271 g/mol. The summed E-state index contributed by atoms with van der Waals surface area (Å²) in [5, 5.41) is 0. The molecule has 0 bridgehead atoms. The summed E-state index contributed by atoms with van der Waals surface area (Å²) in [7, 11) is 7.71. The minimum absolute atomic E-state index is 0.0456. The summed E-state index contributed by atoms with van der Waals surface area (Å²) >= 11 is 0. The van der Waals surface area contributed by atoms with E-state index in [4.69, 9.17) is 10.5 Å². The zero-order valence-corrected chi connectivity index (χ0v) is 12.8. The van der Waals surface area contributed by atoms with Gasteiger partial charge in [0.1, 0.15) is 0 Å². The molecule has 1 atom stereocenters. The predicted octanol–water partition coefficient (Wildman–Crippen LogP) is 0.683. The van der Waals surface area contributed by atoms with Crippen LogP contribution in [0.15, 0.2) is 0 Å². The van der Waals surface area contributed by atoms with E-state index in [0.29, 0.717) is 13.0 Å². The van der Waals surface area contributed by atoms with Crippen LogP contribution in [-0.4, -0.2) is 68.7 Å². The van der Waals surface area contributed by atoms with Crippen LogP contribution in [0.1, 0.15) is 32.1 Å². The van der Waals surface area contributed by atoms with Gasteiger partial charge in [0, 0.05) is 32.8 Å². The van der Waals surface area contributed by atoms with Crippen LogP contribution in [0.2, 0.25) is 0 Å². The fourth-order valence-electron chi connectivity index (χ4n) is 2.71. The summed E-state index contributed by atoms with van der Waals surface area (Å²) in [4.78, 5) is 16.3. The molecule has 112 valence electrons. The fourth-order valence-corrected chi connectivity index (χ4v) is 2.71. The molecule has 1 unspecified atom stereocenters. The number of amides is 1. The van der Waals surface area contributed by atoms with Crippen molar-refractivity contribution in [3.8, 4) is 0 Å². The van der Waals surface area contributed by atoms with E-state index >= 15 is 0 Å². The average Bonchev–Trinajstić information content (AvgIpc) is 2.32. The first-order valence-corrected chi connectivity index (χ1v) is 7.10. The third kappa shape index (κ3) is 4.16. The smallest absolute Gasteiger partial charge is 0.239 e. The van der Waals surface area contributed by atoms with Crippen molar-refractivity contribution >= 4 is 5.91 Å². The molecule has 1 saturated carbocycles. The molecule has 1 amide bonds. The lowest BCUT2D eigenvalue weighted by atomic mass is 9.75. The molecule has 2 N–H and O–H groups in total. The van der Waals surface area contributed by atoms with Gasteiger partial charge < -0.3 is 20.3 Å². The van der Waals surface area contributed by atoms with Gasteiger partial charge in [0.2, 0.25) is 5.91 Å². The Kier molecular flexibility index (Phi) is 6.23. The molecule has 1 rings (SSSR count). The SMILES string of the molecule is COCCCC(N)C(=O)N(C)CC1(N(C)C)CCC1. The van der Waals surface area contributed by atoms with Gasteiger partial charge in [0.25, 0.3) is 0 Å². The van der Waals surface area contributed by atoms with Gasteiger partial charge in [-0.25, -0.2) is 0 Å². The molecule has 5 heteroatoms. The molecule has 1 aliphatic carbocycles. The molecule has 19 heavy (non-hydrogen) atoms. The maximum atomic E-state index is 12.2. The lowest BCUT2D eigenvalue weighted by molar-refractivity contribution is -0.134. The molecule has 5 nitrogen and oxygen atoms in total. The first-order valence-electron chi connectivity index (χ1n) is 7.10. The summed E-state index contributed by atoms with van der Waals surface area (Å²) < 4.78 is 4.98. The van der Waals surface area contributed by atoms with Gasteiger partial charge in [-0.15, -0.1) is 0 Å². The number of nitrogens with zero attached hydrogens (tertiary/aromatic N) is 2. The highest BCUT2D eigenvalue weighted by molar-refractivity contribution is 5.81. The lowest BCUT2D eigenvalue weighted by Crippen LogP contribution is -2.58. The second kappa shape index (κ2) is 7.22. The summed E-state index contributed by atoms with van der Waals surface area (Å²) in [5.74, 6) is 0.0456. The van der Waals surface area contributed by atoms with Gasteiger partial charge >= 0.3 is 0 Å². The van der Waals surface area contributed by atoms with Crippen molar-refractivity contribution in [3.63, 3.8) is 0 Å². The number of ether oxygens (including phenoxy) is 1. The number of nitrogens with two attached hydrogens (primary N) is 1. The quantitative estimate of drug-likeness (QED) is 0.660. The predicted molar refractivity (Wildman–Crippen MR) is 77.0 cm³/mol. The third-order valence-electron chi connectivity index (χ3n) is 4.32. The Morgan fingerprint density at radius 2 is 2.00 bits per heavy atom. The van der Waals surface area contributed by atoms with Gasteiger partial charge in [-0.05, 0) is 46.2 Å². The zero-order chi connectivity index (χ0) is 14.5. The van der Waals surface area contributed by atoms with E-state index in [-0.39, 0.29) is 11.4 Å². The molecule has 0 aromatic carbocycles. The van der Waals surface area contributed by atoms with Crippen molar-refractivity contribution in [1.29, 1.82) is 0 Å². The molecule has 1 fully saturated rings. The number of hydrogen-bond acceptors (Lipinski definition) is 4. The van der Waals surface area contributed by atoms with Gasteiger partial charge in [0.05, 0.1) is 6.04 Å².